The number of nitrogens with one attached hydrogen (secondary N) is 2. The van der Waals surface area contributed by atoms with Crippen LogP contribution in [0.5, 0.6) is 0 Å². The van der Waals surface area contributed by atoms with E-state index in [0.717, 1.165) is 17.5 Å². The van der Waals surface area contributed by atoms with Crippen LogP contribution in [0.4, 0.5) is 0 Å². The third kappa shape index (κ3) is 4.10. The number of hydrogen-bond acceptors (Lipinski definition) is 3. The molecule has 5 nitrogen and oxygen atoms in total. The van der Waals surface area contributed by atoms with Gasteiger partial charge in [0.15, 0.2) is 0 Å². The number of hydrogen-bond donors (Lipinski definition) is 3. The van der Waals surface area contributed by atoms with E-state index in [4.69, 9.17) is 0 Å². The molecule has 0 unspecified atom stereocenters. The zero-order valence-electron chi connectivity index (χ0n) is 13.4. The summed E-state index contributed by atoms with van der Waals surface area (Å²) in [5.41, 5.74) is 2.33. The Morgan fingerprint density at radius 1 is 1.35 bits per heavy atom. The van der Waals surface area contributed by atoms with Crippen molar-refractivity contribution in [1.82, 2.24) is 15.3 Å². The second-order valence-electron chi connectivity index (χ2n) is 6.63. The molecule has 1 aromatic carbocycles. The molecule has 23 heavy (non-hydrogen) atoms. The van der Waals surface area contributed by atoms with Crippen LogP contribution in [0.2, 0.25) is 0 Å². The Labute approximate surface area is 136 Å². The van der Waals surface area contributed by atoms with Crippen molar-refractivity contribution >= 4 is 16.9 Å². The predicted molar refractivity (Wildman–Crippen MR) is 90.2 cm³/mol. The molecule has 1 saturated carbocycles. The lowest BCUT2D eigenvalue weighted by Gasteiger charge is -2.25. The number of benzene rings is 1. The maximum atomic E-state index is 12.3. The zero-order valence-corrected chi connectivity index (χ0v) is 13.4. The monoisotopic (exact) mass is 315 g/mol. The lowest BCUT2D eigenvalue weighted by molar-refractivity contribution is 0.0933. The number of amides is 1. The molecule has 1 aliphatic carbocycles. The number of H-pyrrole nitrogens is 1. The van der Waals surface area contributed by atoms with Crippen molar-refractivity contribution in [3.05, 3.63) is 30.1 Å². The molecular weight excluding hydrogens is 290 g/mol. The standard InChI is InChI=1S/C18H25N3O2/c22-11-14(8-13-4-2-1-3-5-13)10-19-18(23)15-6-7-16-17(9-15)21-12-20-16/h6-7,9,12-14,22H,1-5,8,10-11H2,(H,19,23)(H,20,21)/t14-/m0/s1. The minimum atomic E-state index is -0.0939. The Kier molecular flexibility index (Phi) is 5.28. The zero-order chi connectivity index (χ0) is 16.1. The van der Waals surface area contributed by atoms with Gasteiger partial charge in [-0.25, -0.2) is 4.98 Å². The van der Waals surface area contributed by atoms with E-state index < -0.39 is 0 Å². The fourth-order valence-corrected chi connectivity index (χ4v) is 3.53. The van der Waals surface area contributed by atoms with E-state index in [9.17, 15) is 9.90 Å². The van der Waals surface area contributed by atoms with Gasteiger partial charge in [-0.05, 0) is 36.5 Å². The highest BCUT2D eigenvalue weighted by Gasteiger charge is 2.19. The first kappa shape index (κ1) is 16.0. The molecule has 1 fully saturated rings. The number of aliphatic hydroxyl groups excluding tert-OH is 1. The number of nitrogens with zero attached hydrogens (tertiary/aromatic N) is 1. The summed E-state index contributed by atoms with van der Waals surface area (Å²) in [6.45, 7) is 0.670. The van der Waals surface area contributed by atoms with Crippen LogP contribution in [0, 0.1) is 11.8 Å². The van der Waals surface area contributed by atoms with E-state index in [-0.39, 0.29) is 18.4 Å². The normalized spacial score (nSPS) is 17.3. The Morgan fingerprint density at radius 2 is 2.17 bits per heavy atom. The Bertz CT molecular complexity index is 647. The van der Waals surface area contributed by atoms with Crippen molar-refractivity contribution in [2.24, 2.45) is 11.8 Å². The van der Waals surface area contributed by atoms with E-state index in [0.29, 0.717) is 18.0 Å². The summed E-state index contributed by atoms with van der Waals surface area (Å²) < 4.78 is 0. The van der Waals surface area contributed by atoms with Crippen LogP contribution in [0.15, 0.2) is 24.5 Å². The number of aromatic nitrogens is 2. The number of rotatable bonds is 6. The van der Waals surface area contributed by atoms with Crippen molar-refractivity contribution in [1.29, 1.82) is 0 Å². The molecule has 0 radical (unpaired) electrons. The fraction of sp³-hybridized carbons (Fsp3) is 0.556. The lowest BCUT2D eigenvalue weighted by atomic mass is 9.83. The number of aromatic amines is 1. The first-order valence-electron chi connectivity index (χ1n) is 8.58. The first-order valence-corrected chi connectivity index (χ1v) is 8.58. The van der Waals surface area contributed by atoms with Crippen molar-refractivity contribution in [3.8, 4) is 0 Å². The molecule has 0 aliphatic heterocycles. The lowest BCUT2D eigenvalue weighted by Crippen LogP contribution is -2.32. The van der Waals surface area contributed by atoms with Gasteiger partial charge in [0.25, 0.3) is 5.91 Å². The number of carbonyl (C=O) groups excluding carboxylic acids is 1. The Morgan fingerprint density at radius 3 is 2.96 bits per heavy atom. The molecule has 0 saturated heterocycles. The van der Waals surface area contributed by atoms with Crippen LogP contribution in [0.1, 0.15) is 48.9 Å². The van der Waals surface area contributed by atoms with E-state index >= 15 is 0 Å². The van der Waals surface area contributed by atoms with Gasteiger partial charge in [-0.3, -0.25) is 4.79 Å². The van der Waals surface area contributed by atoms with Crippen LogP contribution < -0.4 is 5.32 Å². The molecule has 124 valence electrons. The molecule has 0 spiro atoms. The van der Waals surface area contributed by atoms with Gasteiger partial charge >= 0.3 is 0 Å². The number of fused-ring (bicyclic) bond motifs is 1. The number of imidazole rings is 1. The van der Waals surface area contributed by atoms with Gasteiger partial charge in [0.1, 0.15) is 0 Å². The highest BCUT2D eigenvalue weighted by Crippen LogP contribution is 2.28. The van der Waals surface area contributed by atoms with E-state index in [1.165, 1.54) is 32.1 Å². The molecule has 3 N–H and O–H groups in total. The summed E-state index contributed by atoms with van der Waals surface area (Å²) in [6.07, 6.45) is 9.11. The van der Waals surface area contributed by atoms with Gasteiger partial charge in [-0.15, -0.1) is 0 Å². The topological polar surface area (TPSA) is 78.0 Å². The first-order chi connectivity index (χ1) is 11.3. The Hall–Kier alpha value is -1.88. The highest BCUT2D eigenvalue weighted by molar-refractivity contribution is 5.97. The van der Waals surface area contributed by atoms with Gasteiger partial charge in [0.2, 0.25) is 0 Å². The van der Waals surface area contributed by atoms with Crippen LogP contribution in [-0.2, 0) is 0 Å². The summed E-state index contributed by atoms with van der Waals surface area (Å²) >= 11 is 0. The van der Waals surface area contributed by atoms with Crippen LogP contribution in [-0.4, -0.2) is 34.1 Å². The summed E-state index contributed by atoms with van der Waals surface area (Å²) in [5, 5.41) is 12.6. The molecule has 1 atom stereocenters. The molecule has 3 rings (SSSR count). The third-order valence-electron chi connectivity index (χ3n) is 4.88. The molecule has 1 amide bonds. The van der Waals surface area contributed by atoms with Crippen LogP contribution in [0.25, 0.3) is 11.0 Å². The molecular formula is C18H25N3O2. The maximum absolute atomic E-state index is 12.3. The second-order valence-corrected chi connectivity index (χ2v) is 6.63. The van der Waals surface area contributed by atoms with Gasteiger partial charge in [-0.1, -0.05) is 32.1 Å². The molecule has 1 aliphatic rings. The van der Waals surface area contributed by atoms with Gasteiger partial charge in [-0.2, -0.15) is 0 Å². The van der Waals surface area contributed by atoms with Gasteiger partial charge < -0.3 is 15.4 Å². The van der Waals surface area contributed by atoms with Crippen LogP contribution in [0.3, 0.4) is 0 Å². The highest BCUT2D eigenvalue weighted by atomic mass is 16.3. The molecule has 2 aromatic rings. The van der Waals surface area contributed by atoms with Crippen molar-refractivity contribution < 1.29 is 9.90 Å². The maximum Gasteiger partial charge on any atom is 0.251 e. The third-order valence-corrected chi connectivity index (χ3v) is 4.88. The van der Waals surface area contributed by atoms with Crippen molar-refractivity contribution in [2.45, 2.75) is 38.5 Å². The van der Waals surface area contributed by atoms with E-state index in [2.05, 4.69) is 15.3 Å². The van der Waals surface area contributed by atoms with E-state index in [1.54, 1.807) is 12.4 Å². The summed E-state index contributed by atoms with van der Waals surface area (Å²) in [7, 11) is 0. The number of carbonyl (C=O) groups is 1. The molecule has 1 aromatic heterocycles. The average Bonchev–Trinajstić information content (AvgIpc) is 3.06. The summed E-state index contributed by atoms with van der Waals surface area (Å²) in [4.78, 5) is 19.5. The molecule has 0 bridgehead atoms. The van der Waals surface area contributed by atoms with Gasteiger partial charge in [0, 0.05) is 18.7 Å². The quantitative estimate of drug-likeness (QED) is 0.767. The predicted octanol–water partition coefficient (Wildman–Crippen LogP) is 2.87. The largest absolute Gasteiger partial charge is 0.396 e. The smallest absolute Gasteiger partial charge is 0.251 e. The minimum absolute atomic E-state index is 0.0939. The molecule has 5 heteroatoms. The average molecular weight is 315 g/mol. The minimum Gasteiger partial charge on any atom is -0.396 e. The summed E-state index contributed by atoms with van der Waals surface area (Å²) in [6, 6.07) is 5.44. The number of aliphatic hydroxyl groups is 1. The van der Waals surface area contributed by atoms with E-state index in [1.807, 2.05) is 12.1 Å². The van der Waals surface area contributed by atoms with Crippen molar-refractivity contribution in [3.63, 3.8) is 0 Å². The second kappa shape index (κ2) is 7.59. The SMILES string of the molecule is O=C(NC[C@@H](CO)CC1CCCCC1)c1ccc2nc[nH]c2c1. The van der Waals surface area contributed by atoms with Crippen LogP contribution >= 0.6 is 0 Å². The summed E-state index contributed by atoms with van der Waals surface area (Å²) in [5.74, 6) is 0.765. The van der Waals surface area contributed by atoms with Crippen molar-refractivity contribution in [2.75, 3.05) is 13.2 Å². The van der Waals surface area contributed by atoms with Gasteiger partial charge in [0.05, 0.1) is 17.4 Å². The Balaban J connectivity index is 1.53. The molecule has 1 heterocycles. The fourth-order valence-electron chi connectivity index (χ4n) is 3.53.